The number of carbonyl (C=O) groups is 2. The van der Waals surface area contributed by atoms with Gasteiger partial charge in [-0.15, -0.1) is 0 Å². The van der Waals surface area contributed by atoms with Crippen LogP contribution in [0.1, 0.15) is 54.9 Å². The molecule has 2 aliphatic heterocycles. The summed E-state index contributed by atoms with van der Waals surface area (Å²) in [6, 6.07) is 13.6. The number of nitrogens with one attached hydrogen (secondary N) is 2. The van der Waals surface area contributed by atoms with Crippen LogP contribution in [0.25, 0.3) is 0 Å². The molecule has 0 bridgehead atoms. The molecular formula is C33H45N3O6. The number of hydrogen-bond acceptors (Lipinski definition) is 7. The molecule has 2 fully saturated rings. The lowest BCUT2D eigenvalue weighted by Crippen LogP contribution is -2.44. The third-order valence-corrected chi connectivity index (χ3v) is 8.47. The molecule has 1 aliphatic carbocycles. The van der Waals surface area contributed by atoms with Gasteiger partial charge in [-0.2, -0.15) is 0 Å². The molecule has 42 heavy (non-hydrogen) atoms. The highest BCUT2D eigenvalue weighted by Gasteiger charge is 2.38. The molecule has 0 aromatic heterocycles. The maximum atomic E-state index is 14.0. The lowest BCUT2D eigenvalue weighted by molar-refractivity contribution is -0.123. The number of fused-ring (bicyclic) bond motifs is 1. The largest absolute Gasteiger partial charge is 0.489 e. The highest BCUT2D eigenvalue weighted by atomic mass is 16.6. The van der Waals surface area contributed by atoms with Crippen molar-refractivity contribution in [2.75, 3.05) is 59.7 Å². The number of amides is 2. The summed E-state index contributed by atoms with van der Waals surface area (Å²) in [5, 5.41) is 6.76. The van der Waals surface area contributed by atoms with Crippen molar-refractivity contribution in [2.45, 2.75) is 45.1 Å². The van der Waals surface area contributed by atoms with Gasteiger partial charge in [0, 0.05) is 57.9 Å². The molecule has 1 unspecified atom stereocenters. The van der Waals surface area contributed by atoms with Crippen molar-refractivity contribution in [3.8, 4) is 17.2 Å². The van der Waals surface area contributed by atoms with Crippen LogP contribution in [0.3, 0.4) is 0 Å². The predicted molar refractivity (Wildman–Crippen MR) is 160 cm³/mol. The fourth-order valence-electron chi connectivity index (χ4n) is 5.99. The summed E-state index contributed by atoms with van der Waals surface area (Å²) < 4.78 is 22.8. The summed E-state index contributed by atoms with van der Waals surface area (Å²) in [6.45, 7) is 8.77. The van der Waals surface area contributed by atoms with Crippen LogP contribution in [-0.4, -0.2) is 82.5 Å². The summed E-state index contributed by atoms with van der Waals surface area (Å²) in [5.74, 6) is 2.42. The summed E-state index contributed by atoms with van der Waals surface area (Å²) in [5.41, 5.74) is 1.61. The maximum absolute atomic E-state index is 14.0. The van der Waals surface area contributed by atoms with Crippen LogP contribution in [0, 0.1) is 17.8 Å². The number of hydrogen-bond donors (Lipinski definition) is 2. The van der Waals surface area contributed by atoms with Gasteiger partial charge in [0.1, 0.15) is 13.2 Å². The van der Waals surface area contributed by atoms with Gasteiger partial charge in [0.15, 0.2) is 11.5 Å². The van der Waals surface area contributed by atoms with Gasteiger partial charge in [0.05, 0.1) is 12.5 Å². The van der Waals surface area contributed by atoms with E-state index in [1.165, 1.54) is 0 Å². The van der Waals surface area contributed by atoms with E-state index in [1.807, 2.05) is 36.9 Å². The van der Waals surface area contributed by atoms with E-state index in [0.717, 1.165) is 37.9 Å². The van der Waals surface area contributed by atoms with Gasteiger partial charge in [-0.1, -0.05) is 30.3 Å². The van der Waals surface area contributed by atoms with Gasteiger partial charge in [-0.05, 0) is 62.1 Å². The molecule has 2 N–H and O–H groups in total. The summed E-state index contributed by atoms with van der Waals surface area (Å²) >= 11 is 0. The lowest BCUT2D eigenvalue weighted by Gasteiger charge is -2.32. The maximum Gasteiger partial charge on any atom is 0.254 e. The Labute approximate surface area is 249 Å². The molecule has 9 heteroatoms. The molecular weight excluding hydrogens is 534 g/mol. The van der Waals surface area contributed by atoms with Crippen molar-refractivity contribution >= 4 is 11.8 Å². The molecule has 0 radical (unpaired) electrons. The van der Waals surface area contributed by atoms with Crippen molar-refractivity contribution in [3.05, 3.63) is 53.6 Å². The molecule has 2 aromatic rings. The predicted octanol–water partition coefficient (Wildman–Crippen LogP) is 3.87. The van der Waals surface area contributed by atoms with E-state index in [0.29, 0.717) is 68.2 Å². The van der Waals surface area contributed by atoms with Gasteiger partial charge in [-0.25, -0.2) is 0 Å². The average molecular weight is 580 g/mol. The first-order chi connectivity index (χ1) is 20.5. The molecule has 2 heterocycles. The van der Waals surface area contributed by atoms with Crippen LogP contribution >= 0.6 is 0 Å². The van der Waals surface area contributed by atoms with Crippen molar-refractivity contribution in [1.82, 2.24) is 15.5 Å². The Balaban J connectivity index is 1.25. The molecule has 3 atom stereocenters. The Bertz CT molecular complexity index is 1200. The molecule has 1 saturated heterocycles. The van der Waals surface area contributed by atoms with Gasteiger partial charge in [-0.3, -0.25) is 9.59 Å². The molecule has 0 spiro atoms. The quantitative estimate of drug-likeness (QED) is 0.328. The van der Waals surface area contributed by atoms with Crippen LogP contribution in [0.15, 0.2) is 42.5 Å². The first-order valence-electron chi connectivity index (χ1n) is 15.4. The fourth-order valence-corrected chi connectivity index (χ4v) is 5.99. The minimum atomic E-state index is -0.0890. The van der Waals surface area contributed by atoms with E-state index < -0.39 is 0 Å². The van der Waals surface area contributed by atoms with E-state index in [-0.39, 0.29) is 35.6 Å². The van der Waals surface area contributed by atoms with Crippen molar-refractivity contribution in [1.29, 1.82) is 0 Å². The minimum absolute atomic E-state index is 0.00931. The Morgan fingerprint density at radius 1 is 1.05 bits per heavy atom. The second-order valence-corrected chi connectivity index (χ2v) is 11.9. The van der Waals surface area contributed by atoms with Crippen molar-refractivity contribution in [3.63, 3.8) is 0 Å². The minimum Gasteiger partial charge on any atom is -0.489 e. The molecule has 228 valence electrons. The number of benzene rings is 2. The van der Waals surface area contributed by atoms with Gasteiger partial charge < -0.3 is 34.5 Å². The second kappa shape index (κ2) is 14.2. The monoisotopic (exact) mass is 579 g/mol. The van der Waals surface area contributed by atoms with Gasteiger partial charge in [0.2, 0.25) is 11.7 Å². The number of nitrogens with zero attached hydrogens (tertiary/aromatic N) is 1. The molecule has 9 nitrogen and oxygen atoms in total. The van der Waals surface area contributed by atoms with Crippen LogP contribution in [-0.2, 0) is 9.53 Å². The standard InChI is InChI=1S/C33H45N3O6/c1-22(2)36(33(38)25-16-28(40-13-7-12-39-3)31-29(17-25)41-14-15-42-31)21-27-19-34-18-26(27)20-35-32(37)30(24-10-11-24)23-8-5-4-6-9-23/h4-6,8-9,16-17,22,24,26-27,30,34H,7,10-15,18-21H2,1-3H3,(H,35,37)/t26-,27+,30?/m1/s1. The number of rotatable bonds is 14. The zero-order valence-corrected chi connectivity index (χ0v) is 25.1. The molecule has 2 aromatic carbocycles. The zero-order valence-electron chi connectivity index (χ0n) is 25.1. The molecule has 1 saturated carbocycles. The second-order valence-electron chi connectivity index (χ2n) is 11.9. The molecule has 5 rings (SSSR count). The number of methoxy groups -OCH3 is 1. The third kappa shape index (κ3) is 7.36. The van der Waals surface area contributed by atoms with Crippen molar-refractivity contribution < 1.29 is 28.5 Å². The normalized spacial score (nSPS) is 20.3. The lowest BCUT2D eigenvalue weighted by atomic mass is 9.91. The van der Waals surface area contributed by atoms with Crippen LogP contribution < -0.4 is 24.8 Å². The summed E-state index contributed by atoms with van der Waals surface area (Å²) in [4.78, 5) is 29.2. The van der Waals surface area contributed by atoms with E-state index in [4.69, 9.17) is 18.9 Å². The highest BCUT2D eigenvalue weighted by molar-refractivity contribution is 5.96. The van der Waals surface area contributed by atoms with E-state index in [9.17, 15) is 9.59 Å². The van der Waals surface area contributed by atoms with Crippen molar-refractivity contribution in [2.24, 2.45) is 17.8 Å². The van der Waals surface area contributed by atoms with Crippen LogP contribution in [0.5, 0.6) is 17.2 Å². The summed E-state index contributed by atoms with van der Waals surface area (Å²) in [7, 11) is 1.66. The SMILES string of the molecule is COCCCOc1cc(C(=O)N(C[C@@H]2CNC[C@@H]2CNC(=O)C(c2ccccc2)C2CC2)C(C)C)cc2c1OCCO2. The molecule has 2 amide bonds. The van der Waals surface area contributed by atoms with Gasteiger partial charge >= 0.3 is 0 Å². The molecule has 3 aliphatic rings. The zero-order chi connectivity index (χ0) is 29.5. The number of carbonyl (C=O) groups excluding carboxylic acids is 2. The Hall–Kier alpha value is -3.30. The van der Waals surface area contributed by atoms with E-state index in [2.05, 4.69) is 22.8 Å². The van der Waals surface area contributed by atoms with E-state index in [1.54, 1.807) is 19.2 Å². The average Bonchev–Trinajstić information content (AvgIpc) is 3.73. The smallest absolute Gasteiger partial charge is 0.254 e. The summed E-state index contributed by atoms with van der Waals surface area (Å²) in [6.07, 6.45) is 2.93. The first-order valence-corrected chi connectivity index (χ1v) is 15.4. The third-order valence-electron chi connectivity index (χ3n) is 8.47. The topological polar surface area (TPSA) is 98.4 Å². The highest BCUT2D eigenvalue weighted by Crippen LogP contribution is 2.43. The Morgan fingerprint density at radius 2 is 1.81 bits per heavy atom. The first kappa shape index (κ1) is 30.2. The van der Waals surface area contributed by atoms with Crippen LogP contribution in [0.4, 0.5) is 0 Å². The van der Waals surface area contributed by atoms with E-state index >= 15 is 0 Å². The van der Waals surface area contributed by atoms with Gasteiger partial charge in [0.25, 0.3) is 5.91 Å². The number of ether oxygens (including phenoxy) is 4. The fraction of sp³-hybridized carbons (Fsp3) is 0.576. The van der Waals surface area contributed by atoms with Crippen LogP contribution in [0.2, 0.25) is 0 Å². The Kier molecular flexibility index (Phi) is 10.2. The Morgan fingerprint density at radius 3 is 2.55 bits per heavy atom.